The van der Waals surface area contributed by atoms with Crippen LogP contribution in [0.2, 0.25) is 0 Å². The molecule has 0 aromatic rings. The molecule has 0 bridgehead atoms. The molecule has 0 aliphatic carbocycles. The Kier molecular flexibility index (Phi) is 59.2. The standard InChI is InChI=1S/C67H120O6/c1-4-7-10-13-16-19-22-25-27-29-30-31-32-33-34-35-36-37-39-40-42-45-48-51-54-57-60-66(69)72-63-64(62-71-65(68)59-56-53-50-47-44-24-21-18-15-12-9-6-3)73-67(70)61-58-55-52-49-46-43-41-38-28-26-23-20-17-14-11-8-5-2/h8,11,17,20,26,28,41,43,49,52,64H,4-7,9-10,12-16,18-19,21-25,27,29-40,42,44-48,50-51,53-63H2,1-3H3/b11-8-,20-17-,28-26-,43-41-,52-49-. The first-order chi connectivity index (χ1) is 36.0. The van der Waals surface area contributed by atoms with Crippen molar-refractivity contribution in [1.29, 1.82) is 0 Å². The maximum atomic E-state index is 12.8. The van der Waals surface area contributed by atoms with Gasteiger partial charge in [-0.3, -0.25) is 14.4 Å². The van der Waals surface area contributed by atoms with Crippen LogP contribution in [0.25, 0.3) is 0 Å². The van der Waals surface area contributed by atoms with E-state index in [1.807, 2.05) is 0 Å². The molecule has 0 amide bonds. The number of hydrogen-bond acceptors (Lipinski definition) is 6. The molecule has 6 nitrogen and oxygen atoms in total. The highest BCUT2D eigenvalue weighted by molar-refractivity contribution is 5.71. The molecule has 0 rings (SSSR count). The first-order valence-corrected chi connectivity index (χ1v) is 31.8. The Labute approximate surface area is 453 Å². The first-order valence-electron chi connectivity index (χ1n) is 31.8. The number of esters is 3. The molecule has 0 heterocycles. The van der Waals surface area contributed by atoms with E-state index in [1.165, 1.54) is 205 Å². The smallest absolute Gasteiger partial charge is 0.306 e. The van der Waals surface area contributed by atoms with Crippen molar-refractivity contribution in [3.8, 4) is 0 Å². The van der Waals surface area contributed by atoms with E-state index >= 15 is 0 Å². The van der Waals surface area contributed by atoms with Gasteiger partial charge in [0.2, 0.25) is 0 Å². The molecule has 1 atom stereocenters. The lowest BCUT2D eigenvalue weighted by Crippen LogP contribution is -2.30. The summed E-state index contributed by atoms with van der Waals surface area (Å²) >= 11 is 0. The van der Waals surface area contributed by atoms with E-state index in [-0.39, 0.29) is 37.5 Å². The molecule has 0 aliphatic heterocycles. The summed E-state index contributed by atoms with van der Waals surface area (Å²) < 4.78 is 16.9. The largest absolute Gasteiger partial charge is 0.462 e. The van der Waals surface area contributed by atoms with E-state index in [0.717, 1.165) is 77.0 Å². The van der Waals surface area contributed by atoms with Gasteiger partial charge in [-0.15, -0.1) is 0 Å². The normalized spacial score (nSPS) is 12.4. The fourth-order valence-corrected chi connectivity index (χ4v) is 9.31. The highest BCUT2D eigenvalue weighted by Gasteiger charge is 2.19. The molecule has 0 aliphatic rings. The highest BCUT2D eigenvalue weighted by Crippen LogP contribution is 2.18. The van der Waals surface area contributed by atoms with Crippen LogP contribution in [0.15, 0.2) is 60.8 Å². The third-order valence-corrected chi connectivity index (χ3v) is 14.0. The van der Waals surface area contributed by atoms with Crippen LogP contribution in [-0.4, -0.2) is 37.2 Å². The Bertz CT molecular complexity index is 1310. The summed E-state index contributed by atoms with van der Waals surface area (Å²) in [7, 11) is 0. The highest BCUT2D eigenvalue weighted by atomic mass is 16.6. The average Bonchev–Trinajstić information content (AvgIpc) is 3.39. The van der Waals surface area contributed by atoms with E-state index in [9.17, 15) is 14.4 Å². The summed E-state index contributed by atoms with van der Waals surface area (Å²) in [4.78, 5) is 38.2. The van der Waals surface area contributed by atoms with Crippen LogP contribution in [0.1, 0.15) is 329 Å². The quantitative estimate of drug-likeness (QED) is 0.0261. The molecule has 0 saturated carbocycles. The molecule has 0 fully saturated rings. The number of unbranched alkanes of at least 4 members (excludes halogenated alkanes) is 37. The molecule has 0 radical (unpaired) electrons. The van der Waals surface area contributed by atoms with Gasteiger partial charge in [0, 0.05) is 19.3 Å². The molecule has 6 heteroatoms. The monoisotopic (exact) mass is 1020 g/mol. The van der Waals surface area contributed by atoms with Crippen molar-refractivity contribution in [2.24, 2.45) is 0 Å². The zero-order chi connectivity index (χ0) is 52.9. The van der Waals surface area contributed by atoms with Crippen molar-refractivity contribution >= 4 is 17.9 Å². The number of allylic oxidation sites excluding steroid dienone is 10. The van der Waals surface area contributed by atoms with Gasteiger partial charge in [0.15, 0.2) is 6.10 Å². The van der Waals surface area contributed by atoms with E-state index < -0.39 is 6.10 Å². The lowest BCUT2D eigenvalue weighted by Gasteiger charge is -2.18. The second-order valence-corrected chi connectivity index (χ2v) is 21.3. The van der Waals surface area contributed by atoms with Crippen molar-refractivity contribution in [3.63, 3.8) is 0 Å². The van der Waals surface area contributed by atoms with Crippen molar-refractivity contribution in [2.45, 2.75) is 335 Å². The van der Waals surface area contributed by atoms with Crippen molar-refractivity contribution < 1.29 is 28.6 Å². The summed E-state index contributed by atoms with van der Waals surface area (Å²) in [6.45, 7) is 6.52. The topological polar surface area (TPSA) is 78.9 Å². The predicted molar refractivity (Wildman–Crippen MR) is 316 cm³/mol. The lowest BCUT2D eigenvalue weighted by atomic mass is 10.0. The van der Waals surface area contributed by atoms with Crippen LogP contribution < -0.4 is 0 Å². The molecule has 73 heavy (non-hydrogen) atoms. The maximum absolute atomic E-state index is 12.8. The molecule has 1 unspecified atom stereocenters. The van der Waals surface area contributed by atoms with Gasteiger partial charge in [0.1, 0.15) is 13.2 Å². The number of hydrogen-bond donors (Lipinski definition) is 0. The summed E-state index contributed by atoms with van der Waals surface area (Å²) in [5.74, 6) is -0.934. The number of rotatable bonds is 58. The van der Waals surface area contributed by atoms with E-state index in [1.54, 1.807) is 0 Å². The molecule has 0 spiro atoms. The molecule has 424 valence electrons. The Morgan fingerprint density at radius 2 is 0.534 bits per heavy atom. The lowest BCUT2D eigenvalue weighted by molar-refractivity contribution is -0.167. The predicted octanol–water partition coefficient (Wildman–Crippen LogP) is 21.6. The second-order valence-electron chi connectivity index (χ2n) is 21.3. The zero-order valence-corrected chi connectivity index (χ0v) is 48.7. The number of carbonyl (C=O) groups excluding carboxylic acids is 3. The van der Waals surface area contributed by atoms with Crippen LogP contribution in [0.5, 0.6) is 0 Å². The first kappa shape index (κ1) is 70.1. The summed E-state index contributed by atoms with van der Waals surface area (Å²) in [6.07, 6.45) is 78.2. The van der Waals surface area contributed by atoms with Crippen molar-refractivity contribution in [3.05, 3.63) is 60.8 Å². The summed E-state index contributed by atoms with van der Waals surface area (Å²) in [5.41, 5.74) is 0. The van der Waals surface area contributed by atoms with Crippen molar-refractivity contribution in [2.75, 3.05) is 13.2 Å². The van der Waals surface area contributed by atoms with Crippen LogP contribution in [0.3, 0.4) is 0 Å². The minimum Gasteiger partial charge on any atom is -0.462 e. The molecular formula is C67H120O6. The third-order valence-electron chi connectivity index (χ3n) is 14.0. The van der Waals surface area contributed by atoms with E-state index in [0.29, 0.717) is 19.3 Å². The van der Waals surface area contributed by atoms with Crippen LogP contribution in [-0.2, 0) is 28.6 Å². The number of carbonyl (C=O) groups is 3. The molecule has 0 aromatic carbocycles. The minimum absolute atomic E-state index is 0.0926. The molecule has 0 saturated heterocycles. The Morgan fingerprint density at radius 1 is 0.288 bits per heavy atom. The zero-order valence-electron chi connectivity index (χ0n) is 48.7. The van der Waals surface area contributed by atoms with Gasteiger partial charge in [-0.1, -0.05) is 313 Å². The molecule has 0 aromatic heterocycles. The van der Waals surface area contributed by atoms with Gasteiger partial charge in [0.25, 0.3) is 0 Å². The van der Waals surface area contributed by atoms with Crippen molar-refractivity contribution in [1.82, 2.24) is 0 Å². The minimum atomic E-state index is -0.801. The van der Waals surface area contributed by atoms with Gasteiger partial charge in [0.05, 0.1) is 0 Å². The fraction of sp³-hybridized carbons (Fsp3) is 0.806. The van der Waals surface area contributed by atoms with Gasteiger partial charge in [-0.2, -0.15) is 0 Å². The number of ether oxygens (including phenoxy) is 3. The average molecular weight is 1020 g/mol. The SMILES string of the molecule is CC/C=C\C/C=C\C/C=C\C/C=C\C/C=C\CCCC(=O)OC(COC(=O)CCCCCCCCCCCCCC)COC(=O)CCCCCCCCCCCCCCCCCCCCCCCCCCCC. The molecular weight excluding hydrogens is 901 g/mol. The Morgan fingerprint density at radius 3 is 0.822 bits per heavy atom. The third kappa shape index (κ3) is 59.9. The van der Waals surface area contributed by atoms with Crippen LogP contribution in [0.4, 0.5) is 0 Å². The Hall–Kier alpha value is -2.89. The summed E-state index contributed by atoms with van der Waals surface area (Å²) in [6, 6.07) is 0. The van der Waals surface area contributed by atoms with Gasteiger partial charge < -0.3 is 14.2 Å². The molecule has 0 N–H and O–H groups in total. The van der Waals surface area contributed by atoms with Gasteiger partial charge in [-0.25, -0.2) is 0 Å². The maximum Gasteiger partial charge on any atom is 0.306 e. The van der Waals surface area contributed by atoms with E-state index in [2.05, 4.69) is 81.5 Å². The fourth-order valence-electron chi connectivity index (χ4n) is 9.31. The van der Waals surface area contributed by atoms with Crippen LogP contribution >= 0.6 is 0 Å². The summed E-state index contributed by atoms with van der Waals surface area (Å²) in [5, 5.41) is 0. The van der Waals surface area contributed by atoms with Gasteiger partial charge >= 0.3 is 17.9 Å². The van der Waals surface area contributed by atoms with Crippen LogP contribution in [0, 0.1) is 0 Å². The van der Waals surface area contributed by atoms with Gasteiger partial charge in [-0.05, 0) is 57.8 Å². The Balaban J connectivity index is 4.26. The second kappa shape index (κ2) is 61.7. The van der Waals surface area contributed by atoms with E-state index in [4.69, 9.17) is 14.2 Å².